The number of Topliss-reactive ketones (excluding diaryl/α,β-unsaturated/α-hetero) is 1. The summed E-state index contributed by atoms with van der Waals surface area (Å²) in [5.41, 5.74) is 0.849. The SMILES string of the molecule is CC(C)(C)SCC(=O)c1ccsc1. The third-order valence-corrected chi connectivity index (χ3v) is 3.44. The van der Waals surface area contributed by atoms with E-state index in [0.29, 0.717) is 5.75 Å². The molecule has 1 aromatic heterocycles. The van der Waals surface area contributed by atoms with E-state index in [1.165, 1.54) is 0 Å². The first-order valence-corrected chi connectivity index (χ1v) is 6.11. The zero-order chi connectivity index (χ0) is 9.90. The highest BCUT2D eigenvalue weighted by molar-refractivity contribution is 8.01. The predicted octanol–water partition coefficient (Wildman–Crippen LogP) is 3.46. The Labute approximate surface area is 87.5 Å². The number of carbonyl (C=O) groups excluding carboxylic acids is 1. The fourth-order valence-corrected chi connectivity index (χ4v) is 2.18. The van der Waals surface area contributed by atoms with Crippen LogP contribution in [-0.4, -0.2) is 16.3 Å². The van der Waals surface area contributed by atoms with Crippen LogP contribution in [0.3, 0.4) is 0 Å². The molecule has 3 heteroatoms. The summed E-state index contributed by atoms with van der Waals surface area (Å²) in [6.07, 6.45) is 0. The lowest BCUT2D eigenvalue weighted by Crippen LogP contribution is -2.12. The molecule has 1 aromatic rings. The molecule has 0 unspecified atom stereocenters. The first-order valence-electron chi connectivity index (χ1n) is 4.18. The Bertz CT molecular complexity index is 270. The monoisotopic (exact) mass is 214 g/mol. The smallest absolute Gasteiger partial charge is 0.173 e. The molecule has 0 radical (unpaired) electrons. The van der Waals surface area contributed by atoms with E-state index in [9.17, 15) is 4.79 Å². The molecule has 0 spiro atoms. The van der Waals surface area contributed by atoms with Crippen molar-refractivity contribution in [3.05, 3.63) is 22.4 Å². The van der Waals surface area contributed by atoms with Gasteiger partial charge in [-0.2, -0.15) is 11.3 Å². The lowest BCUT2D eigenvalue weighted by Gasteiger charge is -2.16. The zero-order valence-corrected chi connectivity index (χ0v) is 9.80. The maximum absolute atomic E-state index is 11.5. The van der Waals surface area contributed by atoms with E-state index in [1.54, 1.807) is 23.1 Å². The van der Waals surface area contributed by atoms with Crippen LogP contribution >= 0.6 is 23.1 Å². The van der Waals surface area contributed by atoms with Crippen LogP contribution in [0.5, 0.6) is 0 Å². The van der Waals surface area contributed by atoms with Crippen LogP contribution < -0.4 is 0 Å². The lowest BCUT2D eigenvalue weighted by molar-refractivity contribution is 0.102. The maximum Gasteiger partial charge on any atom is 0.173 e. The highest BCUT2D eigenvalue weighted by atomic mass is 32.2. The van der Waals surface area contributed by atoms with Gasteiger partial charge in [-0.15, -0.1) is 11.8 Å². The van der Waals surface area contributed by atoms with Crippen LogP contribution in [0.1, 0.15) is 31.1 Å². The Kier molecular flexibility index (Phi) is 3.56. The largest absolute Gasteiger partial charge is 0.293 e. The van der Waals surface area contributed by atoms with Crippen LogP contribution in [-0.2, 0) is 0 Å². The molecule has 13 heavy (non-hydrogen) atoms. The number of carbonyl (C=O) groups is 1. The normalized spacial score (nSPS) is 11.6. The molecule has 0 N–H and O–H groups in total. The molecule has 0 saturated carbocycles. The highest BCUT2D eigenvalue weighted by Crippen LogP contribution is 2.24. The Balaban J connectivity index is 2.44. The average Bonchev–Trinajstić information content (AvgIpc) is 2.50. The van der Waals surface area contributed by atoms with Gasteiger partial charge < -0.3 is 0 Å². The zero-order valence-electron chi connectivity index (χ0n) is 8.16. The van der Waals surface area contributed by atoms with Crippen LogP contribution in [0.25, 0.3) is 0 Å². The Morgan fingerprint density at radius 1 is 1.54 bits per heavy atom. The number of ketones is 1. The van der Waals surface area contributed by atoms with Gasteiger partial charge in [0, 0.05) is 15.7 Å². The fourth-order valence-electron chi connectivity index (χ4n) is 0.789. The molecule has 0 aliphatic carbocycles. The van der Waals surface area contributed by atoms with Crippen molar-refractivity contribution in [2.45, 2.75) is 25.5 Å². The van der Waals surface area contributed by atoms with Crippen LogP contribution in [0.2, 0.25) is 0 Å². The van der Waals surface area contributed by atoms with Crippen molar-refractivity contribution in [2.24, 2.45) is 0 Å². The van der Waals surface area contributed by atoms with E-state index in [1.807, 2.05) is 16.8 Å². The van der Waals surface area contributed by atoms with Gasteiger partial charge in [-0.3, -0.25) is 4.79 Å². The van der Waals surface area contributed by atoms with E-state index in [2.05, 4.69) is 20.8 Å². The molecule has 1 rings (SSSR count). The van der Waals surface area contributed by atoms with Crippen molar-refractivity contribution in [1.29, 1.82) is 0 Å². The van der Waals surface area contributed by atoms with Crippen LogP contribution in [0, 0.1) is 0 Å². The van der Waals surface area contributed by atoms with Crippen LogP contribution in [0.15, 0.2) is 16.8 Å². The van der Waals surface area contributed by atoms with Gasteiger partial charge in [0.2, 0.25) is 0 Å². The lowest BCUT2D eigenvalue weighted by atomic mass is 10.2. The molecule has 0 fully saturated rings. The first-order chi connectivity index (χ1) is 5.99. The third kappa shape index (κ3) is 3.96. The molecule has 1 heterocycles. The van der Waals surface area contributed by atoms with Gasteiger partial charge in [0.05, 0.1) is 5.75 Å². The minimum atomic E-state index is 0.172. The second-order valence-corrected chi connectivity index (χ2v) is 6.42. The average molecular weight is 214 g/mol. The summed E-state index contributed by atoms with van der Waals surface area (Å²) in [6, 6.07) is 1.89. The Hall–Kier alpha value is -0.280. The number of hydrogen-bond acceptors (Lipinski definition) is 3. The first kappa shape index (κ1) is 10.8. The van der Waals surface area contributed by atoms with E-state index in [-0.39, 0.29) is 10.5 Å². The number of thioether (sulfide) groups is 1. The van der Waals surface area contributed by atoms with Crippen molar-refractivity contribution in [3.8, 4) is 0 Å². The molecule has 72 valence electrons. The summed E-state index contributed by atoms with van der Waals surface area (Å²) in [7, 11) is 0. The quantitative estimate of drug-likeness (QED) is 0.717. The molecule has 0 aliphatic heterocycles. The van der Waals surface area contributed by atoms with Gasteiger partial charge in [-0.25, -0.2) is 0 Å². The van der Waals surface area contributed by atoms with Crippen molar-refractivity contribution in [3.63, 3.8) is 0 Å². The number of thiophene rings is 1. The molecule has 0 atom stereocenters. The summed E-state index contributed by atoms with van der Waals surface area (Å²) in [5.74, 6) is 0.821. The second kappa shape index (κ2) is 4.29. The van der Waals surface area contributed by atoms with Crippen LogP contribution in [0.4, 0.5) is 0 Å². The highest BCUT2D eigenvalue weighted by Gasteiger charge is 2.14. The number of hydrogen-bond donors (Lipinski definition) is 0. The van der Waals surface area contributed by atoms with Crippen molar-refractivity contribution < 1.29 is 4.79 Å². The summed E-state index contributed by atoms with van der Waals surface area (Å²) < 4.78 is 0.172. The maximum atomic E-state index is 11.5. The standard InChI is InChI=1S/C10H14OS2/c1-10(2,3)13-7-9(11)8-4-5-12-6-8/h4-6H,7H2,1-3H3. The minimum absolute atomic E-state index is 0.172. The summed E-state index contributed by atoms with van der Waals surface area (Å²) in [5, 5.41) is 3.85. The molecular formula is C10H14OS2. The van der Waals surface area contributed by atoms with Gasteiger partial charge in [0.25, 0.3) is 0 Å². The molecule has 0 amide bonds. The Morgan fingerprint density at radius 2 is 2.23 bits per heavy atom. The van der Waals surface area contributed by atoms with Gasteiger partial charge in [-0.05, 0) is 11.4 Å². The van der Waals surface area contributed by atoms with E-state index < -0.39 is 0 Å². The van der Waals surface area contributed by atoms with E-state index in [0.717, 1.165) is 5.56 Å². The second-order valence-electron chi connectivity index (χ2n) is 3.84. The molecule has 0 aliphatic rings. The molecule has 0 bridgehead atoms. The topological polar surface area (TPSA) is 17.1 Å². The third-order valence-electron chi connectivity index (χ3n) is 1.48. The van der Waals surface area contributed by atoms with Gasteiger partial charge in [0.1, 0.15) is 0 Å². The predicted molar refractivity (Wildman–Crippen MR) is 60.9 cm³/mol. The molecule has 0 aromatic carbocycles. The van der Waals surface area contributed by atoms with Gasteiger partial charge in [0.15, 0.2) is 5.78 Å². The van der Waals surface area contributed by atoms with Crippen molar-refractivity contribution in [2.75, 3.05) is 5.75 Å². The summed E-state index contributed by atoms with van der Waals surface area (Å²) in [4.78, 5) is 11.5. The van der Waals surface area contributed by atoms with Crippen molar-refractivity contribution >= 4 is 28.9 Å². The molecular weight excluding hydrogens is 200 g/mol. The number of rotatable bonds is 3. The summed E-state index contributed by atoms with van der Waals surface area (Å²) >= 11 is 3.27. The van der Waals surface area contributed by atoms with E-state index in [4.69, 9.17) is 0 Å². The van der Waals surface area contributed by atoms with Gasteiger partial charge >= 0.3 is 0 Å². The molecule has 1 nitrogen and oxygen atoms in total. The van der Waals surface area contributed by atoms with Gasteiger partial charge in [-0.1, -0.05) is 20.8 Å². The van der Waals surface area contributed by atoms with Crippen molar-refractivity contribution in [1.82, 2.24) is 0 Å². The minimum Gasteiger partial charge on any atom is -0.293 e. The summed E-state index contributed by atoms with van der Waals surface area (Å²) in [6.45, 7) is 6.37. The fraction of sp³-hybridized carbons (Fsp3) is 0.500. The Morgan fingerprint density at radius 3 is 2.69 bits per heavy atom. The molecule has 0 saturated heterocycles. The van der Waals surface area contributed by atoms with E-state index >= 15 is 0 Å².